The Hall–Kier alpha value is -2.53. The average Bonchev–Trinajstić information content (AvgIpc) is 2.81. The monoisotopic (exact) mass is 523 g/mol. The maximum atomic E-state index is 13.5. The average molecular weight is 523 g/mol. The first kappa shape index (κ1) is 28.0. The van der Waals surface area contributed by atoms with Crippen LogP contribution in [-0.4, -0.2) is 67.5 Å². The van der Waals surface area contributed by atoms with Gasteiger partial charge in [0.25, 0.3) is 5.69 Å². The first-order valence-corrected chi connectivity index (χ1v) is 12.9. The molecular formula is C24H32N2O9P+. The molecule has 1 aliphatic rings. The zero-order valence-electron chi connectivity index (χ0n) is 21.3. The summed E-state index contributed by atoms with van der Waals surface area (Å²) in [6, 6.07) is 5.79. The van der Waals surface area contributed by atoms with Crippen LogP contribution in [0.3, 0.4) is 0 Å². The van der Waals surface area contributed by atoms with E-state index in [0.717, 1.165) is 0 Å². The smallest absolute Gasteiger partial charge is 0.448 e. The Morgan fingerprint density at radius 2 is 1.81 bits per heavy atom. The third-order valence-electron chi connectivity index (χ3n) is 5.60. The summed E-state index contributed by atoms with van der Waals surface area (Å²) in [4.78, 5) is 40.7. The molecule has 11 nitrogen and oxygen atoms in total. The Balaban J connectivity index is 2.26. The molecule has 1 aliphatic heterocycles. The number of pyridine rings is 1. The number of nitro benzene ring substituents is 1. The lowest BCUT2D eigenvalue weighted by atomic mass is 9.97. The van der Waals surface area contributed by atoms with E-state index in [0.29, 0.717) is 17.0 Å². The van der Waals surface area contributed by atoms with Gasteiger partial charge in [-0.05, 0) is 19.4 Å². The van der Waals surface area contributed by atoms with E-state index in [-0.39, 0.29) is 54.0 Å². The van der Waals surface area contributed by atoms with Crippen molar-refractivity contribution < 1.29 is 37.9 Å². The number of hydrogen-bond donors (Lipinski definition) is 1. The number of aromatic nitrogens is 1. The highest BCUT2D eigenvalue weighted by Crippen LogP contribution is 2.62. The normalized spacial score (nSPS) is 16.7. The standard InChI is InChI=1S/C24H32N2O9P/c1-15-20(23(27)35-19(11-31-5)12-32-6)21(17-8-7-9-18(10-17)26(28)29)22(16(2)25-15)36(30)33-13-24(3,4)14-34-36/h7-10,19,30H,11-14H2,1-6H3/q+1. The Bertz CT molecular complexity index is 1120. The minimum absolute atomic E-state index is 0.0405. The van der Waals surface area contributed by atoms with Crippen LogP contribution in [0, 0.1) is 29.4 Å². The summed E-state index contributed by atoms with van der Waals surface area (Å²) >= 11 is 0. The number of methoxy groups -OCH3 is 2. The summed E-state index contributed by atoms with van der Waals surface area (Å²) in [5.41, 5.74) is 0.765. The van der Waals surface area contributed by atoms with Crippen molar-refractivity contribution in [3.05, 3.63) is 51.3 Å². The van der Waals surface area contributed by atoms with E-state index in [1.165, 1.54) is 32.4 Å². The van der Waals surface area contributed by atoms with Crippen molar-refractivity contribution >= 4 is 24.9 Å². The largest absolute Gasteiger partial charge is 0.454 e. The first-order valence-electron chi connectivity index (χ1n) is 11.3. The number of esters is 1. The molecule has 1 aromatic heterocycles. The maximum absolute atomic E-state index is 13.5. The summed E-state index contributed by atoms with van der Waals surface area (Å²) in [6.07, 6.45) is -0.713. The number of carbonyl (C=O) groups is 1. The maximum Gasteiger partial charge on any atom is 0.448 e. The fourth-order valence-corrected chi connectivity index (χ4v) is 6.29. The molecule has 2 aromatic rings. The van der Waals surface area contributed by atoms with Gasteiger partial charge in [0.1, 0.15) is 19.3 Å². The van der Waals surface area contributed by atoms with Crippen LogP contribution >= 0.6 is 7.94 Å². The zero-order valence-corrected chi connectivity index (χ0v) is 22.2. The van der Waals surface area contributed by atoms with Crippen molar-refractivity contribution in [2.45, 2.75) is 33.8 Å². The number of aryl methyl sites for hydroxylation is 2. The third-order valence-corrected chi connectivity index (χ3v) is 7.67. The number of carbonyl (C=O) groups excluding carboxylic acids is 1. The molecule has 12 heteroatoms. The van der Waals surface area contributed by atoms with Crippen LogP contribution in [-0.2, 0) is 23.3 Å². The SMILES string of the molecule is COCC(COC)OC(=O)c1c(C)nc(C)c([P+]2(O)OCC(C)(C)CO2)c1-c1cccc([N+](=O)[O-])c1. The van der Waals surface area contributed by atoms with Gasteiger partial charge in [0.15, 0.2) is 0 Å². The number of nitro groups is 1. The van der Waals surface area contributed by atoms with Crippen molar-refractivity contribution in [3.8, 4) is 11.1 Å². The molecule has 1 fully saturated rings. The lowest BCUT2D eigenvalue weighted by molar-refractivity contribution is -0.384. The Morgan fingerprint density at radius 1 is 1.19 bits per heavy atom. The molecule has 0 saturated carbocycles. The van der Waals surface area contributed by atoms with Gasteiger partial charge < -0.3 is 14.2 Å². The van der Waals surface area contributed by atoms with E-state index in [4.69, 9.17) is 23.3 Å². The molecule has 1 aromatic carbocycles. The molecule has 0 unspecified atom stereocenters. The summed E-state index contributed by atoms with van der Waals surface area (Å²) in [5.74, 6) is -0.745. The highest BCUT2D eigenvalue weighted by molar-refractivity contribution is 7.69. The molecule has 0 radical (unpaired) electrons. The van der Waals surface area contributed by atoms with Crippen molar-refractivity contribution in [1.29, 1.82) is 0 Å². The molecule has 0 aliphatic carbocycles. The van der Waals surface area contributed by atoms with Gasteiger partial charge in [-0.1, -0.05) is 26.0 Å². The molecule has 36 heavy (non-hydrogen) atoms. The number of ether oxygens (including phenoxy) is 3. The van der Waals surface area contributed by atoms with Gasteiger partial charge in [-0.3, -0.25) is 15.1 Å². The van der Waals surface area contributed by atoms with E-state index in [2.05, 4.69) is 4.98 Å². The van der Waals surface area contributed by atoms with E-state index in [9.17, 15) is 19.8 Å². The van der Waals surface area contributed by atoms with Crippen LogP contribution in [0.5, 0.6) is 0 Å². The van der Waals surface area contributed by atoms with Crippen LogP contribution in [0.1, 0.15) is 35.6 Å². The first-order chi connectivity index (χ1) is 16.9. The number of nitrogens with zero attached hydrogens (tertiary/aromatic N) is 2. The molecular weight excluding hydrogens is 491 g/mol. The molecule has 3 rings (SSSR count). The van der Waals surface area contributed by atoms with Crippen LogP contribution in [0.4, 0.5) is 5.69 Å². The van der Waals surface area contributed by atoms with E-state index < -0.39 is 24.9 Å². The van der Waals surface area contributed by atoms with Gasteiger partial charge in [-0.2, -0.15) is 13.9 Å². The van der Waals surface area contributed by atoms with Gasteiger partial charge in [0.05, 0.1) is 40.7 Å². The lowest BCUT2D eigenvalue weighted by Crippen LogP contribution is -2.37. The van der Waals surface area contributed by atoms with Crippen molar-refractivity contribution in [2.24, 2.45) is 5.41 Å². The van der Waals surface area contributed by atoms with E-state index in [1.54, 1.807) is 19.9 Å². The molecule has 1 N–H and O–H groups in total. The van der Waals surface area contributed by atoms with Crippen molar-refractivity contribution in [1.82, 2.24) is 4.98 Å². The van der Waals surface area contributed by atoms with Crippen molar-refractivity contribution in [2.75, 3.05) is 40.6 Å². The second-order valence-corrected chi connectivity index (χ2v) is 11.4. The number of hydrogen-bond acceptors (Lipinski definition) is 10. The second kappa shape index (κ2) is 11.2. The predicted molar refractivity (Wildman–Crippen MR) is 133 cm³/mol. The zero-order chi connectivity index (χ0) is 26.7. The van der Waals surface area contributed by atoms with Gasteiger partial charge in [0.2, 0.25) is 5.30 Å². The number of non-ortho nitro benzene ring substituents is 1. The number of benzene rings is 1. The van der Waals surface area contributed by atoms with Crippen LogP contribution in [0.2, 0.25) is 0 Å². The molecule has 1 saturated heterocycles. The minimum Gasteiger partial charge on any atom is -0.454 e. The fraction of sp³-hybridized carbons (Fsp3) is 0.500. The van der Waals surface area contributed by atoms with Crippen LogP contribution in [0.25, 0.3) is 11.1 Å². The highest BCUT2D eigenvalue weighted by Gasteiger charge is 2.55. The minimum atomic E-state index is -3.71. The molecule has 0 atom stereocenters. The molecule has 0 spiro atoms. The predicted octanol–water partition coefficient (Wildman–Crippen LogP) is 3.55. The molecule has 0 amide bonds. The summed E-state index contributed by atoms with van der Waals surface area (Å²) in [7, 11) is -0.764. The van der Waals surface area contributed by atoms with Gasteiger partial charge in [0, 0.05) is 31.8 Å². The van der Waals surface area contributed by atoms with Gasteiger partial charge in [-0.15, -0.1) is 0 Å². The van der Waals surface area contributed by atoms with Gasteiger partial charge >= 0.3 is 13.9 Å². The van der Waals surface area contributed by atoms with E-state index in [1.807, 2.05) is 13.8 Å². The van der Waals surface area contributed by atoms with Crippen LogP contribution in [0.15, 0.2) is 24.3 Å². The Morgan fingerprint density at radius 3 is 2.36 bits per heavy atom. The fourth-order valence-electron chi connectivity index (χ4n) is 3.92. The third kappa shape index (κ3) is 6.05. The quantitative estimate of drug-likeness (QED) is 0.225. The lowest BCUT2D eigenvalue weighted by Gasteiger charge is -2.32. The molecule has 0 bridgehead atoms. The van der Waals surface area contributed by atoms with Crippen molar-refractivity contribution in [3.63, 3.8) is 0 Å². The Labute approximate surface area is 210 Å². The second-order valence-electron chi connectivity index (χ2n) is 9.36. The van der Waals surface area contributed by atoms with Gasteiger partial charge in [-0.25, -0.2) is 4.79 Å². The Kier molecular flexibility index (Phi) is 8.76. The molecule has 2 heterocycles. The van der Waals surface area contributed by atoms with Crippen LogP contribution < -0.4 is 5.30 Å². The highest BCUT2D eigenvalue weighted by atomic mass is 31.2. The number of rotatable bonds is 9. The molecule has 196 valence electrons. The summed E-state index contributed by atoms with van der Waals surface area (Å²) in [6.45, 7) is 7.78. The van der Waals surface area contributed by atoms with E-state index >= 15 is 0 Å². The summed E-state index contributed by atoms with van der Waals surface area (Å²) in [5, 5.41) is 11.7. The topological polar surface area (TPSA) is 139 Å². The summed E-state index contributed by atoms with van der Waals surface area (Å²) < 4.78 is 27.7.